The van der Waals surface area contributed by atoms with Gasteiger partial charge in [-0.1, -0.05) is 71.6 Å². The number of aliphatic hydroxyl groups is 1. The Balaban J connectivity index is 2.07. The molecule has 0 amide bonds. The number of halogens is 1. The van der Waals surface area contributed by atoms with E-state index < -0.39 is 61.6 Å². The molecule has 0 aromatic carbocycles. The number of carbonyl (C=O) groups excluding carboxylic acids is 1. The molecule has 0 aliphatic carbocycles. The number of Topliss-reactive ketones (excluding diaryl/α,β-unsaturated/α-hetero) is 1. The summed E-state index contributed by atoms with van der Waals surface area (Å²) in [6.45, 7) is 3.49. The van der Waals surface area contributed by atoms with Crippen molar-refractivity contribution in [2.45, 2.75) is 115 Å². The molecular formula is C25H42FN2O9P. The van der Waals surface area contributed by atoms with E-state index in [1.807, 2.05) is 0 Å². The molecule has 0 radical (unpaired) electrons. The number of hydrogen-bond acceptors (Lipinski definition) is 8. The number of aromatic amines is 1. The standard InChI is InChI=1S/C25H42FN2O9P/c1-3-5-7-9-11-13-15-35-38(33,34)36-18-21-25(32,20(29)14-12-10-8-6-4-2)16-22(37-21)28-17-19(26)23(30)27-24(28)31/h17,21-22,32H,3-16,18H2,1-2H3,(H,33,34)(H,27,30,31)/t21-,22-,25-/m1/s1. The van der Waals surface area contributed by atoms with Crippen molar-refractivity contribution in [2.24, 2.45) is 0 Å². The summed E-state index contributed by atoms with van der Waals surface area (Å²) in [6, 6.07) is 0. The second-order valence-electron chi connectivity index (χ2n) is 9.80. The average Bonchev–Trinajstić information content (AvgIpc) is 3.21. The Labute approximate surface area is 222 Å². The van der Waals surface area contributed by atoms with Crippen molar-refractivity contribution in [2.75, 3.05) is 13.2 Å². The molecule has 1 saturated heterocycles. The summed E-state index contributed by atoms with van der Waals surface area (Å²) in [7, 11) is -4.52. The molecule has 2 heterocycles. The van der Waals surface area contributed by atoms with E-state index in [4.69, 9.17) is 13.8 Å². The van der Waals surface area contributed by atoms with Gasteiger partial charge in [0.15, 0.2) is 11.4 Å². The third-order valence-electron chi connectivity index (χ3n) is 6.71. The minimum atomic E-state index is -4.52. The topological polar surface area (TPSA) is 157 Å². The highest BCUT2D eigenvalue weighted by Crippen LogP contribution is 2.46. The molecule has 218 valence electrons. The number of hydrogen-bond donors (Lipinski definition) is 3. The van der Waals surface area contributed by atoms with Crippen LogP contribution in [0.25, 0.3) is 0 Å². The molecule has 2 rings (SSSR count). The Morgan fingerprint density at radius 3 is 2.37 bits per heavy atom. The molecule has 1 aromatic heterocycles. The molecule has 0 bridgehead atoms. The SMILES string of the molecule is CCCCCCCCOP(=O)(O)OC[C@H]1O[C@@H](n2cc(F)c(=O)[nH]c2=O)C[C@@]1(O)C(=O)CCCCCCC. The summed E-state index contributed by atoms with van der Waals surface area (Å²) in [5.41, 5.74) is -4.38. The highest BCUT2D eigenvalue weighted by Gasteiger charge is 2.53. The molecule has 1 aliphatic rings. The predicted molar refractivity (Wildman–Crippen MR) is 138 cm³/mol. The molecule has 1 aromatic rings. The Morgan fingerprint density at radius 1 is 1.11 bits per heavy atom. The van der Waals surface area contributed by atoms with Crippen molar-refractivity contribution in [3.8, 4) is 0 Å². The molecule has 1 unspecified atom stereocenters. The summed E-state index contributed by atoms with van der Waals surface area (Å²) in [5.74, 6) is -1.83. The average molecular weight is 565 g/mol. The van der Waals surface area contributed by atoms with Crippen LogP contribution in [0.5, 0.6) is 0 Å². The summed E-state index contributed by atoms with van der Waals surface area (Å²) < 4.78 is 42.7. The van der Waals surface area contributed by atoms with Crippen molar-refractivity contribution in [1.29, 1.82) is 0 Å². The zero-order valence-corrected chi connectivity index (χ0v) is 23.3. The maximum atomic E-state index is 13.9. The van der Waals surface area contributed by atoms with Crippen LogP contribution in [0.2, 0.25) is 0 Å². The van der Waals surface area contributed by atoms with Crippen LogP contribution in [0, 0.1) is 5.82 Å². The number of H-pyrrole nitrogens is 1. The van der Waals surface area contributed by atoms with Crippen LogP contribution in [0.3, 0.4) is 0 Å². The van der Waals surface area contributed by atoms with Gasteiger partial charge in [-0.3, -0.25) is 28.2 Å². The predicted octanol–water partition coefficient (Wildman–Crippen LogP) is 4.12. The lowest BCUT2D eigenvalue weighted by Crippen LogP contribution is -2.48. The van der Waals surface area contributed by atoms with Crippen LogP contribution in [-0.4, -0.2) is 50.3 Å². The Kier molecular flexibility index (Phi) is 13.5. The summed E-state index contributed by atoms with van der Waals surface area (Å²) >= 11 is 0. The smallest absolute Gasteiger partial charge is 0.379 e. The molecule has 13 heteroatoms. The van der Waals surface area contributed by atoms with Crippen LogP contribution in [0.4, 0.5) is 4.39 Å². The lowest BCUT2D eigenvalue weighted by molar-refractivity contribution is -0.146. The van der Waals surface area contributed by atoms with E-state index in [0.29, 0.717) is 19.0 Å². The summed E-state index contributed by atoms with van der Waals surface area (Å²) in [6.07, 6.45) is 7.46. The van der Waals surface area contributed by atoms with Crippen LogP contribution >= 0.6 is 7.82 Å². The molecular weight excluding hydrogens is 522 g/mol. The number of nitrogens with one attached hydrogen (secondary N) is 1. The quantitative estimate of drug-likeness (QED) is 0.166. The normalized spacial score (nSPS) is 23.0. The third-order valence-corrected chi connectivity index (χ3v) is 7.69. The van der Waals surface area contributed by atoms with Gasteiger partial charge in [0.05, 0.1) is 19.4 Å². The molecule has 0 spiro atoms. The lowest BCUT2D eigenvalue weighted by atomic mass is 9.87. The molecule has 11 nitrogen and oxygen atoms in total. The monoisotopic (exact) mass is 564 g/mol. The zero-order chi connectivity index (χ0) is 28.2. The van der Waals surface area contributed by atoms with Gasteiger partial charge in [0.1, 0.15) is 12.3 Å². The Bertz CT molecular complexity index is 1050. The van der Waals surface area contributed by atoms with E-state index in [2.05, 4.69) is 13.8 Å². The maximum Gasteiger partial charge on any atom is 0.472 e. The first kappa shape index (κ1) is 32.5. The van der Waals surface area contributed by atoms with Gasteiger partial charge in [0.2, 0.25) is 5.82 Å². The Morgan fingerprint density at radius 2 is 1.71 bits per heavy atom. The van der Waals surface area contributed by atoms with Crippen molar-refractivity contribution >= 4 is 13.6 Å². The first-order chi connectivity index (χ1) is 18.0. The van der Waals surface area contributed by atoms with Gasteiger partial charge in [-0.05, 0) is 12.8 Å². The van der Waals surface area contributed by atoms with Gasteiger partial charge in [-0.2, -0.15) is 4.39 Å². The number of aromatic nitrogens is 2. The van der Waals surface area contributed by atoms with Crippen LogP contribution in [0.15, 0.2) is 15.8 Å². The second kappa shape index (κ2) is 15.8. The van der Waals surface area contributed by atoms with E-state index in [1.165, 1.54) is 0 Å². The van der Waals surface area contributed by atoms with Gasteiger partial charge in [0, 0.05) is 12.8 Å². The van der Waals surface area contributed by atoms with E-state index in [-0.39, 0.29) is 13.0 Å². The second-order valence-corrected chi connectivity index (χ2v) is 11.3. The van der Waals surface area contributed by atoms with E-state index in [1.54, 1.807) is 4.98 Å². The van der Waals surface area contributed by atoms with Crippen molar-refractivity contribution in [3.63, 3.8) is 0 Å². The minimum Gasteiger partial charge on any atom is -0.379 e. The summed E-state index contributed by atoms with van der Waals surface area (Å²) in [5, 5.41) is 11.3. The first-order valence-electron chi connectivity index (χ1n) is 13.6. The third kappa shape index (κ3) is 9.81. The number of phosphoric ester groups is 1. The molecule has 0 saturated carbocycles. The van der Waals surface area contributed by atoms with Gasteiger partial charge < -0.3 is 14.7 Å². The van der Waals surface area contributed by atoms with Gasteiger partial charge in [0.25, 0.3) is 5.56 Å². The van der Waals surface area contributed by atoms with Gasteiger partial charge in [-0.25, -0.2) is 9.36 Å². The number of unbranched alkanes of at least 4 members (excludes halogenated alkanes) is 9. The van der Waals surface area contributed by atoms with Crippen LogP contribution in [0.1, 0.15) is 104 Å². The molecule has 38 heavy (non-hydrogen) atoms. The van der Waals surface area contributed by atoms with Gasteiger partial charge in [-0.15, -0.1) is 0 Å². The fourth-order valence-corrected chi connectivity index (χ4v) is 5.18. The highest BCUT2D eigenvalue weighted by molar-refractivity contribution is 7.47. The number of phosphoric acid groups is 1. The largest absolute Gasteiger partial charge is 0.472 e. The number of ether oxygens (including phenoxy) is 1. The highest BCUT2D eigenvalue weighted by atomic mass is 31.2. The van der Waals surface area contributed by atoms with Crippen LogP contribution in [-0.2, 0) is 23.1 Å². The molecule has 1 fully saturated rings. The van der Waals surface area contributed by atoms with E-state index in [9.17, 15) is 33.3 Å². The fraction of sp³-hybridized carbons (Fsp3) is 0.800. The fourth-order valence-electron chi connectivity index (χ4n) is 4.42. The van der Waals surface area contributed by atoms with Crippen molar-refractivity contribution in [1.82, 2.24) is 9.55 Å². The first-order valence-corrected chi connectivity index (χ1v) is 15.1. The van der Waals surface area contributed by atoms with E-state index in [0.717, 1.165) is 62.4 Å². The van der Waals surface area contributed by atoms with E-state index >= 15 is 0 Å². The molecule has 1 aliphatic heterocycles. The molecule has 3 N–H and O–H groups in total. The van der Waals surface area contributed by atoms with Gasteiger partial charge >= 0.3 is 13.5 Å². The number of carbonyl (C=O) groups is 1. The number of nitrogens with zero attached hydrogens (tertiary/aromatic N) is 1. The lowest BCUT2D eigenvalue weighted by Gasteiger charge is -2.27. The zero-order valence-electron chi connectivity index (χ0n) is 22.4. The van der Waals surface area contributed by atoms with Crippen molar-refractivity contribution < 1.29 is 37.5 Å². The number of ketones is 1. The Hall–Kier alpha value is -1.69. The van der Waals surface area contributed by atoms with Crippen LogP contribution < -0.4 is 11.2 Å². The minimum absolute atomic E-state index is 0.00105. The van der Waals surface area contributed by atoms with Crippen molar-refractivity contribution in [3.05, 3.63) is 32.9 Å². The summed E-state index contributed by atoms with van der Waals surface area (Å²) in [4.78, 5) is 48.6. The number of rotatable bonds is 19. The maximum absolute atomic E-state index is 13.9. The molecule has 4 atom stereocenters.